The Labute approximate surface area is 174 Å². The fraction of sp³-hybridized carbons (Fsp3) is 0.476. The maximum absolute atomic E-state index is 12.9. The highest BCUT2D eigenvalue weighted by atomic mass is 16.5. The van der Waals surface area contributed by atoms with Crippen molar-refractivity contribution < 1.29 is 23.8 Å². The monoisotopic (exact) mass is 414 g/mol. The number of carbonyl (C=O) groups excluding carboxylic acids is 2. The first-order chi connectivity index (χ1) is 14.5. The molecule has 4 rings (SSSR count). The lowest BCUT2D eigenvalue weighted by Gasteiger charge is -2.28. The van der Waals surface area contributed by atoms with Gasteiger partial charge in [-0.05, 0) is 32.4 Å². The molecule has 2 aliphatic heterocycles. The Morgan fingerprint density at radius 3 is 2.67 bits per heavy atom. The fourth-order valence-electron chi connectivity index (χ4n) is 4.18. The van der Waals surface area contributed by atoms with Gasteiger partial charge in [-0.3, -0.25) is 19.6 Å². The summed E-state index contributed by atoms with van der Waals surface area (Å²) in [5, 5.41) is 17.9. The molecule has 2 N–H and O–H groups in total. The van der Waals surface area contributed by atoms with E-state index < -0.39 is 17.7 Å². The number of aromatic nitrogens is 2. The number of nitrogens with zero attached hydrogens (tertiary/aromatic N) is 3. The molecule has 1 atom stereocenters. The molecule has 9 nitrogen and oxygen atoms in total. The van der Waals surface area contributed by atoms with Crippen LogP contribution in [0.4, 0.5) is 0 Å². The largest absolute Gasteiger partial charge is 0.507 e. The maximum atomic E-state index is 12.9. The second kappa shape index (κ2) is 8.45. The van der Waals surface area contributed by atoms with E-state index in [4.69, 9.17) is 9.15 Å². The highest BCUT2D eigenvalue weighted by Crippen LogP contribution is 2.40. The predicted octanol–water partition coefficient (Wildman–Crippen LogP) is 1.76. The van der Waals surface area contributed by atoms with Crippen LogP contribution in [0.1, 0.15) is 35.2 Å². The van der Waals surface area contributed by atoms with Crippen molar-refractivity contribution in [2.45, 2.75) is 26.3 Å². The SMILES string of the molecule is Cc1n[nH]c(C)c1C(O)=C1C(=O)C(=O)N(CCCN2CCOCC2)C1c1ccco1. The molecule has 0 radical (unpaired) electrons. The number of rotatable bonds is 6. The Morgan fingerprint density at radius 1 is 1.27 bits per heavy atom. The van der Waals surface area contributed by atoms with Gasteiger partial charge in [-0.25, -0.2) is 0 Å². The lowest BCUT2D eigenvalue weighted by molar-refractivity contribution is -0.140. The number of Topliss-reactive ketones (excluding diaryl/α,β-unsaturated/α-hetero) is 1. The summed E-state index contributed by atoms with van der Waals surface area (Å²) in [7, 11) is 0. The lowest BCUT2D eigenvalue weighted by atomic mass is 9.98. The van der Waals surface area contributed by atoms with Crippen LogP contribution in [0.3, 0.4) is 0 Å². The normalized spacial score (nSPS) is 22.2. The van der Waals surface area contributed by atoms with E-state index in [2.05, 4.69) is 15.1 Å². The molecule has 2 aromatic heterocycles. The van der Waals surface area contributed by atoms with Crippen molar-refractivity contribution in [2.24, 2.45) is 0 Å². The number of hydrogen-bond acceptors (Lipinski definition) is 7. The van der Waals surface area contributed by atoms with Gasteiger partial charge in [-0.2, -0.15) is 5.10 Å². The molecule has 9 heteroatoms. The standard InChI is InChI=1S/C21H26N4O5/c1-13-16(14(2)23-22-13)19(26)17-18(15-5-3-10-30-15)25(21(28)20(17)27)7-4-6-24-8-11-29-12-9-24/h3,5,10,18,26H,4,6-9,11-12H2,1-2H3,(H,22,23). The Balaban J connectivity index is 1.64. The molecule has 2 aliphatic rings. The van der Waals surface area contributed by atoms with Gasteiger partial charge in [0.15, 0.2) is 0 Å². The molecule has 2 saturated heterocycles. The predicted molar refractivity (Wildman–Crippen MR) is 108 cm³/mol. The lowest BCUT2D eigenvalue weighted by Crippen LogP contribution is -2.38. The maximum Gasteiger partial charge on any atom is 0.295 e. The summed E-state index contributed by atoms with van der Waals surface area (Å²) in [6.07, 6.45) is 2.20. The number of carbonyl (C=O) groups is 2. The Morgan fingerprint density at radius 2 is 2.03 bits per heavy atom. The van der Waals surface area contributed by atoms with Crippen molar-refractivity contribution in [2.75, 3.05) is 39.4 Å². The zero-order valence-corrected chi connectivity index (χ0v) is 17.2. The number of likely N-dealkylation sites (tertiary alicyclic amines) is 1. The molecule has 0 aliphatic carbocycles. The molecule has 1 amide bonds. The Hall–Kier alpha value is -2.91. The third-order valence-corrected chi connectivity index (χ3v) is 5.69. The summed E-state index contributed by atoms with van der Waals surface area (Å²) in [4.78, 5) is 29.6. The number of morpholine rings is 1. The Bertz CT molecular complexity index is 937. The first-order valence-corrected chi connectivity index (χ1v) is 10.1. The van der Waals surface area contributed by atoms with Gasteiger partial charge < -0.3 is 19.2 Å². The minimum Gasteiger partial charge on any atom is -0.507 e. The van der Waals surface area contributed by atoms with Crippen LogP contribution in [0.15, 0.2) is 28.4 Å². The first-order valence-electron chi connectivity index (χ1n) is 10.1. The van der Waals surface area contributed by atoms with Crippen LogP contribution in [0, 0.1) is 13.8 Å². The van der Waals surface area contributed by atoms with Gasteiger partial charge >= 0.3 is 0 Å². The average molecular weight is 414 g/mol. The van der Waals surface area contributed by atoms with Crippen LogP contribution in [0.2, 0.25) is 0 Å². The molecule has 0 spiro atoms. The third-order valence-electron chi connectivity index (χ3n) is 5.69. The number of aryl methyl sites for hydroxylation is 2. The van der Waals surface area contributed by atoms with Gasteiger partial charge in [-0.15, -0.1) is 0 Å². The van der Waals surface area contributed by atoms with E-state index in [1.807, 2.05) is 0 Å². The van der Waals surface area contributed by atoms with Crippen LogP contribution in [-0.2, 0) is 14.3 Å². The van der Waals surface area contributed by atoms with Gasteiger partial charge in [0.2, 0.25) is 0 Å². The van der Waals surface area contributed by atoms with E-state index >= 15 is 0 Å². The van der Waals surface area contributed by atoms with Gasteiger partial charge in [0.25, 0.3) is 11.7 Å². The van der Waals surface area contributed by atoms with E-state index in [0.29, 0.717) is 48.9 Å². The number of nitrogens with one attached hydrogen (secondary N) is 1. The highest BCUT2D eigenvalue weighted by molar-refractivity contribution is 6.46. The molecule has 2 aromatic rings. The van der Waals surface area contributed by atoms with Crippen LogP contribution in [0.25, 0.3) is 5.76 Å². The quantitative estimate of drug-likeness (QED) is 0.421. The van der Waals surface area contributed by atoms with Gasteiger partial charge in [0.05, 0.1) is 36.3 Å². The third kappa shape index (κ3) is 3.66. The van der Waals surface area contributed by atoms with E-state index in [0.717, 1.165) is 19.6 Å². The van der Waals surface area contributed by atoms with Gasteiger partial charge in [0, 0.05) is 31.9 Å². The summed E-state index contributed by atoms with van der Waals surface area (Å²) < 4.78 is 10.9. The summed E-state index contributed by atoms with van der Waals surface area (Å²) in [6.45, 7) is 7.82. The van der Waals surface area contributed by atoms with Crippen molar-refractivity contribution >= 4 is 17.4 Å². The Kier molecular flexibility index (Phi) is 5.74. The minimum absolute atomic E-state index is 0.0360. The van der Waals surface area contributed by atoms with Crippen molar-refractivity contribution in [3.8, 4) is 0 Å². The van der Waals surface area contributed by atoms with Gasteiger partial charge in [-0.1, -0.05) is 0 Å². The molecule has 30 heavy (non-hydrogen) atoms. The number of aliphatic hydroxyl groups excluding tert-OH is 1. The number of ketones is 1. The average Bonchev–Trinajstić information content (AvgIpc) is 3.44. The smallest absolute Gasteiger partial charge is 0.295 e. The van der Waals surface area contributed by atoms with Crippen molar-refractivity contribution in [3.63, 3.8) is 0 Å². The molecule has 0 aromatic carbocycles. The van der Waals surface area contributed by atoms with E-state index in [1.54, 1.807) is 26.0 Å². The number of ether oxygens (including phenoxy) is 1. The summed E-state index contributed by atoms with van der Waals surface area (Å²) in [5.41, 5.74) is 1.66. The molecular weight excluding hydrogens is 388 g/mol. The second-order valence-electron chi connectivity index (χ2n) is 7.62. The van der Waals surface area contributed by atoms with Crippen molar-refractivity contribution in [3.05, 3.63) is 46.7 Å². The summed E-state index contributed by atoms with van der Waals surface area (Å²) >= 11 is 0. The highest BCUT2D eigenvalue weighted by Gasteiger charge is 2.47. The number of furan rings is 1. The van der Waals surface area contributed by atoms with Crippen LogP contribution in [-0.4, -0.2) is 76.2 Å². The fourth-order valence-corrected chi connectivity index (χ4v) is 4.18. The molecule has 160 valence electrons. The number of amides is 1. The molecular formula is C21H26N4O5. The second-order valence-corrected chi connectivity index (χ2v) is 7.62. The summed E-state index contributed by atoms with van der Waals surface area (Å²) in [5.74, 6) is -1.12. The molecule has 1 unspecified atom stereocenters. The summed E-state index contributed by atoms with van der Waals surface area (Å²) in [6, 6.07) is 2.66. The zero-order chi connectivity index (χ0) is 21.3. The van der Waals surface area contributed by atoms with Crippen LogP contribution < -0.4 is 0 Å². The zero-order valence-electron chi connectivity index (χ0n) is 17.2. The van der Waals surface area contributed by atoms with E-state index in [9.17, 15) is 14.7 Å². The molecule has 0 bridgehead atoms. The van der Waals surface area contributed by atoms with Crippen LogP contribution in [0.5, 0.6) is 0 Å². The van der Waals surface area contributed by atoms with E-state index in [-0.39, 0.29) is 11.3 Å². The topological polar surface area (TPSA) is 112 Å². The minimum atomic E-state index is -0.765. The number of hydrogen-bond donors (Lipinski definition) is 2. The number of H-pyrrole nitrogens is 1. The molecule has 4 heterocycles. The molecule has 2 fully saturated rings. The van der Waals surface area contributed by atoms with Gasteiger partial charge in [0.1, 0.15) is 17.6 Å². The first kappa shape index (κ1) is 20.4. The molecule has 0 saturated carbocycles. The number of aliphatic hydroxyl groups is 1. The van der Waals surface area contributed by atoms with Crippen molar-refractivity contribution in [1.29, 1.82) is 0 Å². The van der Waals surface area contributed by atoms with E-state index in [1.165, 1.54) is 11.2 Å². The van der Waals surface area contributed by atoms with Crippen molar-refractivity contribution in [1.82, 2.24) is 20.0 Å². The number of aromatic amines is 1. The van der Waals surface area contributed by atoms with Crippen LogP contribution >= 0.6 is 0 Å².